The van der Waals surface area contributed by atoms with E-state index in [4.69, 9.17) is 0 Å². The van der Waals surface area contributed by atoms with E-state index >= 15 is 0 Å². The number of carbonyl (C=O) groups is 1. The van der Waals surface area contributed by atoms with Gasteiger partial charge in [-0.2, -0.15) is 26.3 Å². The molecular formula is C30H24F6N2O2. The monoisotopic (exact) mass is 558 g/mol. The topological polar surface area (TPSA) is 62.2 Å². The van der Waals surface area contributed by atoms with E-state index in [1.165, 1.54) is 13.1 Å². The normalized spacial score (nSPS) is 12.7. The first kappa shape index (κ1) is 28.8. The van der Waals surface area contributed by atoms with Crippen LogP contribution in [0.2, 0.25) is 0 Å². The van der Waals surface area contributed by atoms with E-state index in [2.05, 4.69) is 10.3 Å². The van der Waals surface area contributed by atoms with E-state index in [1.807, 2.05) is 0 Å². The molecule has 208 valence electrons. The number of nitrogens with zero attached hydrogens (tertiary/aromatic N) is 1. The maximum absolute atomic E-state index is 13.5. The van der Waals surface area contributed by atoms with Crippen molar-refractivity contribution in [1.82, 2.24) is 10.3 Å². The number of hydrogen-bond acceptors (Lipinski definition) is 3. The number of amides is 1. The van der Waals surface area contributed by atoms with Crippen molar-refractivity contribution < 1.29 is 36.2 Å². The molecule has 4 nitrogen and oxygen atoms in total. The third kappa shape index (κ3) is 6.17. The number of carbonyl (C=O) groups excluding carboxylic acids is 1. The van der Waals surface area contributed by atoms with Gasteiger partial charge in [-0.3, -0.25) is 9.78 Å². The largest absolute Gasteiger partial charge is 0.416 e. The fourth-order valence-electron chi connectivity index (χ4n) is 4.47. The fraction of sp³-hybridized carbons (Fsp3) is 0.200. The molecule has 1 aromatic heterocycles. The summed E-state index contributed by atoms with van der Waals surface area (Å²) in [6, 6.07) is 18.2. The number of nitrogens with one attached hydrogen (secondary N) is 1. The molecule has 3 aromatic carbocycles. The van der Waals surface area contributed by atoms with Crippen molar-refractivity contribution in [1.29, 1.82) is 0 Å². The van der Waals surface area contributed by atoms with Crippen LogP contribution in [-0.2, 0) is 18.8 Å². The Bertz CT molecular complexity index is 1500. The van der Waals surface area contributed by atoms with Gasteiger partial charge in [-0.05, 0) is 59.0 Å². The summed E-state index contributed by atoms with van der Waals surface area (Å²) >= 11 is 0. The van der Waals surface area contributed by atoms with Gasteiger partial charge in [-0.15, -0.1) is 0 Å². The molecule has 0 bridgehead atoms. The van der Waals surface area contributed by atoms with E-state index in [1.54, 1.807) is 61.5 Å². The van der Waals surface area contributed by atoms with Gasteiger partial charge < -0.3 is 10.4 Å². The minimum atomic E-state index is -5.04. The van der Waals surface area contributed by atoms with Gasteiger partial charge in [0.05, 0.1) is 28.1 Å². The number of rotatable bonds is 6. The Morgan fingerprint density at radius 2 is 1.43 bits per heavy atom. The number of alkyl halides is 6. The maximum Gasteiger partial charge on any atom is 0.416 e. The zero-order valence-corrected chi connectivity index (χ0v) is 21.4. The summed E-state index contributed by atoms with van der Waals surface area (Å²) in [6.07, 6.45) is -11.9. The fourth-order valence-corrected chi connectivity index (χ4v) is 4.47. The van der Waals surface area contributed by atoms with Crippen molar-refractivity contribution in [3.8, 4) is 11.1 Å². The highest BCUT2D eigenvalue weighted by Gasteiger charge is 2.37. The molecule has 0 aliphatic carbocycles. The number of pyridine rings is 1. The minimum Gasteiger partial charge on any atom is -0.382 e. The summed E-state index contributed by atoms with van der Waals surface area (Å²) in [5.41, 5.74) is -1.19. The maximum atomic E-state index is 13.5. The molecule has 0 spiro atoms. The molecule has 4 rings (SSSR count). The standard InChI is InChI=1S/C30H24F6N2O2/c1-17-8-6-7-11-22(17)23-16-25(27(39)19-9-4-3-5-10-19)38-24(26(23)28(40)37-2)14-18-12-20(29(31,32)33)15-21(13-18)30(34,35)36/h3-13,15-16,27,39H,14H2,1-2H3,(H,37,40). The molecule has 40 heavy (non-hydrogen) atoms. The average Bonchev–Trinajstić information content (AvgIpc) is 2.91. The number of aromatic nitrogens is 1. The quantitative estimate of drug-likeness (QED) is 0.248. The Morgan fingerprint density at radius 1 is 0.850 bits per heavy atom. The second-order valence-electron chi connectivity index (χ2n) is 9.21. The van der Waals surface area contributed by atoms with Crippen LogP contribution in [-0.4, -0.2) is 23.0 Å². The van der Waals surface area contributed by atoms with Gasteiger partial charge in [0.2, 0.25) is 0 Å². The highest BCUT2D eigenvalue weighted by molar-refractivity contribution is 6.02. The molecular weight excluding hydrogens is 534 g/mol. The first-order valence-corrected chi connectivity index (χ1v) is 12.1. The van der Waals surface area contributed by atoms with Crippen LogP contribution in [0.1, 0.15) is 55.7 Å². The lowest BCUT2D eigenvalue weighted by Gasteiger charge is -2.20. The molecule has 10 heteroatoms. The number of benzene rings is 3. The van der Waals surface area contributed by atoms with Gasteiger partial charge >= 0.3 is 12.4 Å². The van der Waals surface area contributed by atoms with Gasteiger partial charge in [-0.1, -0.05) is 54.6 Å². The molecule has 0 aliphatic rings. The molecule has 0 fully saturated rings. The lowest BCUT2D eigenvalue weighted by atomic mass is 9.90. The van der Waals surface area contributed by atoms with Crippen LogP contribution >= 0.6 is 0 Å². The summed E-state index contributed by atoms with van der Waals surface area (Å²) in [6.45, 7) is 1.79. The summed E-state index contributed by atoms with van der Waals surface area (Å²) < 4.78 is 81.3. The second-order valence-corrected chi connectivity index (χ2v) is 9.21. The van der Waals surface area contributed by atoms with Crippen LogP contribution in [0.15, 0.2) is 78.9 Å². The molecule has 0 radical (unpaired) electrons. The van der Waals surface area contributed by atoms with E-state index in [0.717, 1.165) is 5.56 Å². The van der Waals surface area contributed by atoms with Crippen molar-refractivity contribution >= 4 is 5.91 Å². The lowest BCUT2D eigenvalue weighted by molar-refractivity contribution is -0.143. The number of aliphatic hydroxyl groups excluding tert-OH is 1. The SMILES string of the molecule is CNC(=O)c1c(-c2ccccc2C)cc(C(O)c2ccccc2)nc1Cc1cc(C(F)(F)F)cc(C(F)(F)F)c1. The van der Waals surface area contributed by atoms with Crippen LogP contribution in [0.3, 0.4) is 0 Å². The lowest BCUT2D eigenvalue weighted by Crippen LogP contribution is -2.23. The summed E-state index contributed by atoms with van der Waals surface area (Å²) in [4.78, 5) is 17.6. The average molecular weight is 559 g/mol. The first-order chi connectivity index (χ1) is 18.8. The molecule has 2 N–H and O–H groups in total. The first-order valence-electron chi connectivity index (χ1n) is 12.1. The summed E-state index contributed by atoms with van der Waals surface area (Å²) in [7, 11) is 1.35. The van der Waals surface area contributed by atoms with Crippen molar-refractivity contribution in [3.05, 3.63) is 124 Å². The Labute approximate surface area is 226 Å². The van der Waals surface area contributed by atoms with E-state index in [9.17, 15) is 36.2 Å². The molecule has 0 saturated heterocycles. The zero-order chi connectivity index (χ0) is 29.2. The predicted octanol–water partition coefficient (Wildman–Crippen LogP) is 7.13. The molecule has 4 aromatic rings. The minimum absolute atomic E-state index is 0.0215. The summed E-state index contributed by atoms with van der Waals surface area (Å²) in [5, 5.41) is 13.6. The van der Waals surface area contributed by atoms with E-state index < -0.39 is 41.9 Å². The molecule has 0 saturated carbocycles. The Balaban J connectivity index is 2.00. The van der Waals surface area contributed by atoms with Crippen LogP contribution < -0.4 is 5.32 Å². The molecule has 1 heterocycles. The van der Waals surface area contributed by atoms with Crippen LogP contribution in [0.5, 0.6) is 0 Å². The number of aryl methyl sites for hydroxylation is 1. The van der Waals surface area contributed by atoms with Crippen LogP contribution in [0.4, 0.5) is 26.3 Å². The second kappa shape index (κ2) is 11.1. The smallest absolute Gasteiger partial charge is 0.382 e. The van der Waals surface area contributed by atoms with Crippen molar-refractivity contribution in [2.75, 3.05) is 7.05 Å². The van der Waals surface area contributed by atoms with E-state index in [-0.39, 0.29) is 28.6 Å². The van der Waals surface area contributed by atoms with Crippen molar-refractivity contribution in [2.45, 2.75) is 31.8 Å². The van der Waals surface area contributed by atoms with Crippen LogP contribution in [0, 0.1) is 6.92 Å². The Morgan fingerprint density at radius 3 is 1.98 bits per heavy atom. The van der Waals surface area contributed by atoms with Crippen molar-refractivity contribution in [2.24, 2.45) is 0 Å². The highest BCUT2D eigenvalue weighted by atomic mass is 19.4. The number of hydrogen-bond donors (Lipinski definition) is 2. The molecule has 1 atom stereocenters. The third-order valence-electron chi connectivity index (χ3n) is 6.42. The third-order valence-corrected chi connectivity index (χ3v) is 6.42. The van der Waals surface area contributed by atoms with Gasteiger partial charge in [0.1, 0.15) is 6.10 Å². The Kier molecular flexibility index (Phi) is 8.02. The summed E-state index contributed by atoms with van der Waals surface area (Å²) in [5.74, 6) is -0.635. The van der Waals surface area contributed by atoms with Gasteiger partial charge in [0.15, 0.2) is 0 Å². The Hall–Kier alpha value is -4.18. The number of aliphatic hydroxyl groups is 1. The van der Waals surface area contributed by atoms with E-state index in [0.29, 0.717) is 28.8 Å². The van der Waals surface area contributed by atoms with Crippen LogP contribution in [0.25, 0.3) is 11.1 Å². The highest BCUT2D eigenvalue weighted by Crippen LogP contribution is 2.38. The molecule has 1 unspecified atom stereocenters. The number of halogens is 6. The van der Waals surface area contributed by atoms with Gasteiger partial charge in [0.25, 0.3) is 5.91 Å². The van der Waals surface area contributed by atoms with Gasteiger partial charge in [-0.25, -0.2) is 0 Å². The molecule has 0 aliphatic heterocycles. The van der Waals surface area contributed by atoms with Gasteiger partial charge in [0, 0.05) is 13.5 Å². The van der Waals surface area contributed by atoms with Crippen molar-refractivity contribution in [3.63, 3.8) is 0 Å². The molecule has 1 amide bonds. The zero-order valence-electron chi connectivity index (χ0n) is 21.4. The predicted molar refractivity (Wildman–Crippen MR) is 138 cm³/mol.